The first kappa shape index (κ1) is 21.7. The van der Waals surface area contributed by atoms with Crippen LogP contribution in [0.15, 0.2) is 48.5 Å². The van der Waals surface area contributed by atoms with Gasteiger partial charge < -0.3 is 10.6 Å². The summed E-state index contributed by atoms with van der Waals surface area (Å²) in [5.41, 5.74) is -0.692. The van der Waals surface area contributed by atoms with E-state index in [-0.39, 0.29) is 24.7 Å². The van der Waals surface area contributed by atoms with Crippen molar-refractivity contribution in [2.24, 2.45) is 0 Å². The molecule has 0 saturated heterocycles. The highest BCUT2D eigenvalue weighted by Crippen LogP contribution is 2.34. The van der Waals surface area contributed by atoms with Crippen LogP contribution in [0, 0.1) is 0 Å². The van der Waals surface area contributed by atoms with Gasteiger partial charge in [0.15, 0.2) is 0 Å². The Balaban J connectivity index is 1.94. The summed E-state index contributed by atoms with van der Waals surface area (Å²) in [6.45, 7) is 1.79. The highest BCUT2D eigenvalue weighted by Gasteiger charge is 2.33. The normalized spacial score (nSPS) is 11.4. The van der Waals surface area contributed by atoms with Crippen molar-refractivity contribution in [3.63, 3.8) is 0 Å². The standard InChI is InChI=1S/C19H19ClF3N3O2/c1-2-26(11-17(27)24-14-9-7-13(20)8-10-14)12-18(28)25-16-6-4-3-5-15(16)19(21,22)23/h3-10H,2,11-12H2,1H3,(H,24,27)(H,25,28). The molecule has 2 N–H and O–H groups in total. The van der Waals surface area contributed by atoms with Gasteiger partial charge in [-0.2, -0.15) is 13.2 Å². The van der Waals surface area contributed by atoms with Crippen LogP contribution in [0.1, 0.15) is 12.5 Å². The summed E-state index contributed by atoms with van der Waals surface area (Å²) < 4.78 is 39.0. The second kappa shape index (κ2) is 9.57. The zero-order valence-corrected chi connectivity index (χ0v) is 15.8. The third kappa shape index (κ3) is 6.54. The molecule has 0 spiro atoms. The molecule has 0 aromatic heterocycles. The van der Waals surface area contributed by atoms with Crippen LogP contribution in [-0.4, -0.2) is 36.3 Å². The predicted molar refractivity (Wildman–Crippen MR) is 102 cm³/mol. The number of benzene rings is 2. The monoisotopic (exact) mass is 413 g/mol. The Labute approximate surface area is 165 Å². The number of anilines is 2. The molecule has 0 heterocycles. The number of halogens is 4. The van der Waals surface area contributed by atoms with Gasteiger partial charge in [0.05, 0.1) is 24.3 Å². The number of nitrogens with one attached hydrogen (secondary N) is 2. The second-order valence-electron chi connectivity index (χ2n) is 5.95. The van der Waals surface area contributed by atoms with Crippen molar-refractivity contribution in [1.82, 2.24) is 4.90 Å². The molecular weight excluding hydrogens is 395 g/mol. The third-order valence-electron chi connectivity index (χ3n) is 3.82. The Morgan fingerprint density at radius 2 is 1.54 bits per heavy atom. The Hall–Kier alpha value is -2.58. The van der Waals surface area contributed by atoms with Crippen molar-refractivity contribution in [1.29, 1.82) is 0 Å². The summed E-state index contributed by atoms with van der Waals surface area (Å²) in [7, 11) is 0. The highest BCUT2D eigenvalue weighted by atomic mass is 35.5. The quantitative estimate of drug-likeness (QED) is 0.713. The maximum Gasteiger partial charge on any atom is 0.418 e. The first-order chi connectivity index (χ1) is 13.2. The third-order valence-corrected chi connectivity index (χ3v) is 4.07. The highest BCUT2D eigenvalue weighted by molar-refractivity contribution is 6.30. The summed E-state index contributed by atoms with van der Waals surface area (Å²) in [6.07, 6.45) is -4.58. The average Bonchev–Trinajstić information content (AvgIpc) is 2.62. The lowest BCUT2D eigenvalue weighted by atomic mass is 10.1. The Bertz CT molecular complexity index is 826. The first-order valence-electron chi connectivity index (χ1n) is 8.43. The van der Waals surface area contributed by atoms with E-state index in [2.05, 4.69) is 10.6 Å². The van der Waals surface area contributed by atoms with Crippen molar-refractivity contribution in [3.8, 4) is 0 Å². The maximum absolute atomic E-state index is 13.0. The van der Waals surface area contributed by atoms with E-state index in [9.17, 15) is 22.8 Å². The first-order valence-corrected chi connectivity index (χ1v) is 8.80. The summed E-state index contributed by atoms with van der Waals surface area (Å²) in [6, 6.07) is 11.3. The number of rotatable bonds is 7. The molecule has 0 aliphatic rings. The number of carbonyl (C=O) groups excluding carboxylic acids is 2. The average molecular weight is 414 g/mol. The van der Waals surface area contributed by atoms with Crippen molar-refractivity contribution in [3.05, 3.63) is 59.1 Å². The number of nitrogens with zero attached hydrogens (tertiary/aromatic N) is 1. The van der Waals surface area contributed by atoms with Crippen LogP contribution in [0.3, 0.4) is 0 Å². The molecule has 2 rings (SSSR count). The van der Waals surface area contributed by atoms with Crippen molar-refractivity contribution >= 4 is 34.8 Å². The number of alkyl halides is 3. The maximum atomic E-state index is 13.0. The largest absolute Gasteiger partial charge is 0.418 e. The van der Waals surface area contributed by atoms with Crippen molar-refractivity contribution < 1.29 is 22.8 Å². The van der Waals surface area contributed by atoms with E-state index < -0.39 is 17.6 Å². The van der Waals surface area contributed by atoms with E-state index in [1.165, 1.54) is 23.1 Å². The molecule has 9 heteroatoms. The van der Waals surface area contributed by atoms with Gasteiger partial charge in [0.1, 0.15) is 0 Å². The zero-order chi connectivity index (χ0) is 20.7. The van der Waals surface area contributed by atoms with Crippen LogP contribution in [-0.2, 0) is 15.8 Å². The summed E-state index contributed by atoms with van der Waals surface area (Å²) in [4.78, 5) is 25.8. The molecule has 2 amide bonds. The van der Waals surface area contributed by atoms with Crippen LogP contribution in [0.5, 0.6) is 0 Å². The Kier molecular flexibility index (Phi) is 7.42. The predicted octanol–water partition coefficient (Wildman–Crippen LogP) is 4.26. The fourth-order valence-corrected chi connectivity index (χ4v) is 2.57. The molecule has 0 saturated carbocycles. The molecule has 0 bridgehead atoms. The smallest absolute Gasteiger partial charge is 0.325 e. The SMILES string of the molecule is CCN(CC(=O)Nc1ccc(Cl)cc1)CC(=O)Nc1ccccc1C(F)(F)F. The lowest BCUT2D eigenvalue weighted by Crippen LogP contribution is -2.38. The molecule has 0 fully saturated rings. The Morgan fingerprint density at radius 3 is 2.11 bits per heavy atom. The topological polar surface area (TPSA) is 61.4 Å². The molecule has 5 nitrogen and oxygen atoms in total. The van der Waals surface area contributed by atoms with Crippen LogP contribution in [0.25, 0.3) is 0 Å². The molecular formula is C19H19ClF3N3O2. The fourth-order valence-electron chi connectivity index (χ4n) is 2.45. The lowest BCUT2D eigenvalue weighted by molar-refractivity contribution is -0.137. The molecule has 150 valence electrons. The summed E-state index contributed by atoms with van der Waals surface area (Å²) in [5, 5.41) is 5.46. The number of amides is 2. The van der Waals surface area contributed by atoms with Gasteiger partial charge in [0, 0.05) is 10.7 Å². The van der Waals surface area contributed by atoms with Crippen LogP contribution < -0.4 is 10.6 Å². The van der Waals surface area contributed by atoms with E-state index >= 15 is 0 Å². The number of carbonyl (C=O) groups is 2. The van der Waals surface area contributed by atoms with Gasteiger partial charge in [-0.25, -0.2) is 0 Å². The zero-order valence-electron chi connectivity index (χ0n) is 15.0. The van der Waals surface area contributed by atoms with Crippen LogP contribution in [0.4, 0.5) is 24.5 Å². The van der Waals surface area contributed by atoms with E-state index in [4.69, 9.17) is 11.6 Å². The van der Waals surface area contributed by atoms with E-state index in [0.717, 1.165) is 6.07 Å². The van der Waals surface area contributed by atoms with Gasteiger partial charge in [0.2, 0.25) is 11.8 Å². The molecule has 28 heavy (non-hydrogen) atoms. The van der Waals surface area contributed by atoms with Crippen LogP contribution >= 0.6 is 11.6 Å². The van der Waals surface area contributed by atoms with Gasteiger partial charge in [-0.05, 0) is 42.9 Å². The van der Waals surface area contributed by atoms with E-state index in [0.29, 0.717) is 17.3 Å². The van der Waals surface area contributed by atoms with E-state index in [1.807, 2.05) is 0 Å². The Morgan fingerprint density at radius 1 is 0.964 bits per heavy atom. The number of likely N-dealkylation sites (N-methyl/N-ethyl adjacent to an activating group) is 1. The minimum atomic E-state index is -4.58. The van der Waals surface area contributed by atoms with Gasteiger partial charge in [0.25, 0.3) is 0 Å². The fraction of sp³-hybridized carbons (Fsp3) is 0.263. The minimum absolute atomic E-state index is 0.0898. The number of hydrogen-bond acceptors (Lipinski definition) is 3. The van der Waals surface area contributed by atoms with E-state index in [1.54, 1.807) is 31.2 Å². The van der Waals surface area contributed by atoms with Crippen molar-refractivity contribution in [2.45, 2.75) is 13.1 Å². The molecule has 0 radical (unpaired) electrons. The minimum Gasteiger partial charge on any atom is -0.325 e. The van der Waals surface area contributed by atoms with Gasteiger partial charge in [-0.3, -0.25) is 14.5 Å². The van der Waals surface area contributed by atoms with Crippen molar-refractivity contribution in [2.75, 3.05) is 30.3 Å². The number of para-hydroxylation sites is 1. The van der Waals surface area contributed by atoms with Gasteiger partial charge in [-0.15, -0.1) is 0 Å². The molecule has 2 aromatic carbocycles. The number of hydrogen-bond donors (Lipinski definition) is 2. The van der Waals surface area contributed by atoms with Gasteiger partial charge >= 0.3 is 6.18 Å². The molecule has 0 unspecified atom stereocenters. The summed E-state index contributed by atoms with van der Waals surface area (Å²) >= 11 is 5.78. The second-order valence-corrected chi connectivity index (χ2v) is 6.39. The molecule has 2 aromatic rings. The lowest BCUT2D eigenvalue weighted by Gasteiger charge is -2.20. The molecule has 0 aliphatic heterocycles. The summed E-state index contributed by atoms with van der Waals surface area (Å²) in [5.74, 6) is -0.995. The van der Waals surface area contributed by atoms with Crippen LogP contribution in [0.2, 0.25) is 5.02 Å². The molecule has 0 aliphatic carbocycles. The van der Waals surface area contributed by atoms with Gasteiger partial charge in [-0.1, -0.05) is 30.7 Å². The molecule has 0 atom stereocenters.